The molecule has 0 aliphatic heterocycles. The summed E-state index contributed by atoms with van der Waals surface area (Å²) in [5.41, 5.74) is 1.58. The number of carbonyl (C=O) groups is 1. The quantitative estimate of drug-likeness (QED) is 0.0885. The lowest BCUT2D eigenvalue weighted by atomic mass is 9.84. The Labute approximate surface area is 199 Å². The molecule has 1 aliphatic rings. The van der Waals surface area contributed by atoms with Gasteiger partial charge in [0.05, 0.1) is 11.8 Å². The smallest absolute Gasteiger partial charge is 0.257 e. The van der Waals surface area contributed by atoms with Crippen LogP contribution in [0.1, 0.15) is 48.0 Å². The van der Waals surface area contributed by atoms with Crippen molar-refractivity contribution in [1.82, 2.24) is 0 Å². The maximum absolute atomic E-state index is 12.6. The number of carbonyl (C=O) groups excluding carboxylic acids is 1. The lowest BCUT2D eigenvalue weighted by molar-refractivity contribution is -0.788. The van der Waals surface area contributed by atoms with Crippen molar-refractivity contribution in [3.8, 4) is 0 Å². The minimum Gasteiger partial charge on any atom is -1.00 e. The molecule has 28 heavy (non-hydrogen) atoms. The summed E-state index contributed by atoms with van der Waals surface area (Å²) in [5, 5.41) is 11.5. The number of ether oxygens (including phenoxy) is 1. The Kier molecular flexibility index (Phi) is 11.7. The van der Waals surface area contributed by atoms with Crippen molar-refractivity contribution in [2.75, 3.05) is 0 Å². The number of aromatic nitrogens is 2. The predicted molar refractivity (Wildman–Crippen MR) is 94.6 cm³/mol. The Hall–Kier alpha value is -1.14. The summed E-state index contributed by atoms with van der Waals surface area (Å²) in [4.78, 5) is 12.6. The lowest BCUT2D eigenvalue weighted by Crippen LogP contribution is -3.00. The number of hydrogen-bond acceptors (Lipinski definition) is 4. The van der Waals surface area contributed by atoms with Gasteiger partial charge in [-0.05, 0) is 18.9 Å². The fourth-order valence-electron chi connectivity index (χ4n) is 3.31. The molecule has 6 nitrogen and oxygen atoms in total. The van der Waals surface area contributed by atoms with Gasteiger partial charge in [0.1, 0.15) is 0 Å². The number of hydrogen-bond donors (Lipinski definition) is 1. The number of halogens is 2. The lowest BCUT2D eigenvalue weighted by Gasteiger charge is -2.19. The highest BCUT2D eigenvalue weighted by atomic mass is 127. The molecule has 3 rings (SSSR count). The monoisotopic (exact) mass is 609 g/mol. The van der Waals surface area contributed by atoms with Gasteiger partial charge in [0.15, 0.2) is 30.6 Å². The molecule has 2 aromatic rings. The first-order valence-electron chi connectivity index (χ1n) is 9.04. The number of ketones is 1. The SMILES string of the molecule is O=C(c1ccc[n+](COC[n+]2ccc(/C=N\O)cc2)c1)C1CCCCC1.[I-].[I-]. The highest BCUT2D eigenvalue weighted by Gasteiger charge is 2.23. The van der Waals surface area contributed by atoms with E-state index in [4.69, 9.17) is 9.94 Å². The Balaban J connectivity index is 0.00000196. The Bertz CT molecular complexity index is 764. The number of rotatable bonds is 7. The van der Waals surface area contributed by atoms with Gasteiger partial charge in [-0.15, -0.1) is 0 Å². The first-order valence-corrected chi connectivity index (χ1v) is 9.04. The van der Waals surface area contributed by atoms with E-state index in [0.29, 0.717) is 13.5 Å². The van der Waals surface area contributed by atoms with Crippen molar-refractivity contribution in [2.24, 2.45) is 11.1 Å². The molecule has 0 spiro atoms. The van der Waals surface area contributed by atoms with E-state index in [1.54, 1.807) is 0 Å². The first-order chi connectivity index (χ1) is 12.8. The second kappa shape index (κ2) is 13.2. The van der Waals surface area contributed by atoms with Crippen molar-refractivity contribution >= 4 is 12.0 Å². The predicted octanol–water partition coefficient (Wildman–Crippen LogP) is -3.53. The van der Waals surface area contributed by atoms with E-state index in [1.807, 2.05) is 58.2 Å². The van der Waals surface area contributed by atoms with E-state index in [9.17, 15) is 4.79 Å². The van der Waals surface area contributed by atoms with Crippen LogP contribution in [0, 0.1) is 5.92 Å². The second-order valence-corrected chi connectivity index (χ2v) is 6.66. The molecule has 0 unspecified atom stereocenters. The maximum atomic E-state index is 12.6. The van der Waals surface area contributed by atoms with Gasteiger partial charge in [0, 0.05) is 29.7 Å². The fraction of sp³-hybridized carbons (Fsp3) is 0.400. The number of pyridine rings is 2. The van der Waals surface area contributed by atoms with Gasteiger partial charge in [-0.1, -0.05) is 24.4 Å². The Morgan fingerprint density at radius 2 is 1.75 bits per heavy atom. The van der Waals surface area contributed by atoms with Crippen LogP contribution >= 0.6 is 0 Å². The average molecular weight is 609 g/mol. The molecule has 152 valence electrons. The Morgan fingerprint density at radius 3 is 2.43 bits per heavy atom. The summed E-state index contributed by atoms with van der Waals surface area (Å²) in [6.45, 7) is 0.767. The van der Waals surface area contributed by atoms with Gasteiger partial charge >= 0.3 is 0 Å². The molecule has 0 saturated heterocycles. The Morgan fingerprint density at radius 1 is 1.07 bits per heavy atom. The largest absolute Gasteiger partial charge is 1.00 e. The third-order valence-corrected chi connectivity index (χ3v) is 4.72. The summed E-state index contributed by atoms with van der Waals surface area (Å²) < 4.78 is 9.49. The van der Waals surface area contributed by atoms with Gasteiger partial charge in [0.2, 0.25) is 0 Å². The molecular formula is C20H25I2N3O3. The summed E-state index contributed by atoms with van der Waals surface area (Å²) in [7, 11) is 0. The molecule has 2 aromatic heterocycles. The zero-order chi connectivity index (χ0) is 18.2. The summed E-state index contributed by atoms with van der Waals surface area (Å²) in [6, 6.07) is 7.46. The zero-order valence-electron chi connectivity index (χ0n) is 15.6. The van der Waals surface area contributed by atoms with Gasteiger partial charge in [-0.25, -0.2) is 0 Å². The van der Waals surface area contributed by atoms with Crippen molar-refractivity contribution in [3.63, 3.8) is 0 Å². The van der Waals surface area contributed by atoms with E-state index >= 15 is 0 Å². The molecular weight excluding hydrogens is 584 g/mol. The maximum Gasteiger partial charge on any atom is 0.257 e. The topological polar surface area (TPSA) is 66.7 Å². The van der Waals surface area contributed by atoms with E-state index in [1.165, 1.54) is 12.6 Å². The molecule has 8 heteroatoms. The van der Waals surface area contributed by atoms with Gasteiger partial charge in [-0.3, -0.25) is 9.53 Å². The normalized spacial score (nSPS) is 14.3. The van der Waals surface area contributed by atoms with Crippen LogP contribution in [0.15, 0.2) is 54.2 Å². The molecule has 0 radical (unpaired) electrons. The molecule has 0 aromatic carbocycles. The van der Waals surface area contributed by atoms with Crippen LogP contribution in [0.5, 0.6) is 0 Å². The van der Waals surface area contributed by atoms with Gasteiger partial charge in [0.25, 0.3) is 13.5 Å². The third-order valence-electron chi connectivity index (χ3n) is 4.72. The minimum absolute atomic E-state index is 0. The first kappa shape index (κ1) is 24.9. The van der Waals surface area contributed by atoms with Crippen LogP contribution in [0.3, 0.4) is 0 Å². The second-order valence-electron chi connectivity index (χ2n) is 6.66. The molecule has 0 bridgehead atoms. The number of nitrogens with zero attached hydrogens (tertiary/aromatic N) is 3. The minimum atomic E-state index is 0. The molecule has 0 atom stereocenters. The van der Waals surface area contributed by atoms with Gasteiger partial charge < -0.3 is 53.2 Å². The van der Waals surface area contributed by atoms with Crippen molar-refractivity contribution in [3.05, 3.63) is 60.2 Å². The summed E-state index contributed by atoms with van der Waals surface area (Å²) in [5.74, 6) is 0.437. The van der Waals surface area contributed by atoms with Crippen LogP contribution in [0.2, 0.25) is 0 Å². The van der Waals surface area contributed by atoms with Crippen molar-refractivity contribution in [1.29, 1.82) is 0 Å². The highest BCUT2D eigenvalue weighted by Crippen LogP contribution is 2.26. The molecule has 1 N–H and O–H groups in total. The van der Waals surface area contributed by atoms with Crippen LogP contribution in [0.25, 0.3) is 0 Å². The molecule has 1 saturated carbocycles. The summed E-state index contributed by atoms with van der Waals surface area (Å²) >= 11 is 0. The number of oxime groups is 1. The molecule has 2 heterocycles. The van der Waals surface area contributed by atoms with E-state index in [-0.39, 0.29) is 59.7 Å². The fourth-order valence-corrected chi connectivity index (χ4v) is 3.31. The van der Waals surface area contributed by atoms with Crippen LogP contribution in [-0.2, 0) is 18.2 Å². The number of Topliss-reactive ketones (excluding diaryl/α,β-unsaturated/α-hetero) is 1. The zero-order valence-corrected chi connectivity index (χ0v) is 19.9. The van der Waals surface area contributed by atoms with Crippen LogP contribution in [0.4, 0.5) is 0 Å². The standard InChI is InChI=1S/C20H24N3O3.2HI/c24-20(18-5-2-1-3-6-18)19-7-4-10-23(14-19)16-26-15-22-11-8-17(9-12-22)13-21-25;;/h4,7-14,18H,1-3,5-6,15-16H2;2*1H/q+1;;/p-1. The van der Waals surface area contributed by atoms with E-state index < -0.39 is 0 Å². The molecule has 0 amide bonds. The van der Waals surface area contributed by atoms with Crippen molar-refractivity contribution in [2.45, 2.75) is 45.6 Å². The van der Waals surface area contributed by atoms with Crippen molar-refractivity contribution < 1.29 is 71.8 Å². The summed E-state index contributed by atoms with van der Waals surface area (Å²) in [6.07, 6.45) is 14.4. The van der Waals surface area contributed by atoms with E-state index in [0.717, 1.165) is 36.8 Å². The van der Waals surface area contributed by atoms with Crippen LogP contribution in [-0.4, -0.2) is 17.2 Å². The third kappa shape index (κ3) is 7.36. The molecule has 1 fully saturated rings. The average Bonchev–Trinajstić information content (AvgIpc) is 2.70. The van der Waals surface area contributed by atoms with E-state index in [2.05, 4.69) is 5.16 Å². The molecule has 1 aliphatic carbocycles. The highest BCUT2D eigenvalue weighted by molar-refractivity contribution is 5.97. The van der Waals surface area contributed by atoms with Gasteiger partial charge in [-0.2, -0.15) is 9.13 Å². The van der Waals surface area contributed by atoms with Crippen LogP contribution < -0.4 is 57.1 Å².